The van der Waals surface area contributed by atoms with Gasteiger partial charge in [-0.3, -0.25) is 23.9 Å². The Morgan fingerprint density at radius 1 is 1.12 bits per heavy atom. The normalized spacial score (nSPS) is 17.2. The standard InChI is InChI=1S/C37H43BrN8O4/c1-7-9-10-11-31(48)41-20-37(6)16-29(36(50)43-35-22(3)12-13-30(38)42-35)45(21-37)32(49)19-46-34-25(8-2)14-26(27-17-39-24(5)40-18-27)15-28(34)33(44-46)23(4)47/h7,12-15,17-18,29H,1,8-11,16,19-21H2,2-6H3,(H,41,48)(H,42,43,50)/t29-,37-/m0/s1. The van der Waals surface area contributed by atoms with Crippen LogP contribution in [0.2, 0.25) is 0 Å². The van der Waals surface area contributed by atoms with Gasteiger partial charge >= 0.3 is 0 Å². The smallest absolute Gasteiger partial charge is 0.248 e. The second-order valence-corrected chi connectivity index (χ2v) is 14.1. The first-order valence-electron chi connectivity index (χ1n) is 16.8. The van der Waals surface area contributed by atoms with Crippen molar-refractivity contribution in [2.45, 2.75) is 79.3 Å². The van der Waals surface area contributed by atoms with Crippen LogP contribution in [0.25, 0.3) is 22.0 Å². The molecule has 2 N–H and O–H groups in total. The maximum atomic E-state index is 14.3. The molecule has 50 heavy (non-hydrogen) atoms. The molecule has 0 spiro atoms. The molecule has 0 radical (unpaired) electrons. The number of rotatable bonds is 13. The van der Waals surface area contributed by atoms with Crippen LogP contribution in [0, 0.1) is 19.3 Å². The van der Waals surface area contributed by atoms with Crippen LogP contribution in [-0.2, 0) is 27.3 Å². The van der Waals surface area contributed by atoms with Gasteiger partial charge in [-0.1, -0.05) is 26.0 Å². The van der Waals surface area contributed by atoms with Gasteiger partial charge in [0.15, 0.2) is 5.78 Å². The summed E-state index contributed by atoms with van der Waals surface area (Å²) in [6, 6.07) is 6.70. The summed E-state index contributed by atoms with van der Waals surface area (Å²) >= 11 is 3.37. The lowest BCUT2D eigenvalue weighted by Gasteiger charge is -2.26. The third-order valence-corrected chi connectivity index (χ3v) is 9.54. The van der Waals surface area contributed by atoms with Crippen LogP contribution < -0.4 is 10.6 Å². The number of halogens is 1. The first-order chi connectivity index (χ1) is 23.8. The van der Waals surface area contributed by atoms with Crippen molar-refractivity contribution in [3.63, 3.8) is 0 Å². The maximum Gasteiger partial charge on any atom is 0.248 e. The number of hydrogen-bond acceptors (Lipinski definition) is 8. The quantitative estimate of drug-likeness (QED) is 0.0761. The topological polar surface area (TPSA) is 152 Å². The Kier molecular flexibility index (Phi) is 11.2. The van der Waals surface area contributed by atoms with Crippen LogP contribution in [0.4, 0.5) is 5.82 Å². The third kappa shape index (κ3) is 8.15. The maximum absolute atomic E-state index is 14.3. The number of aromatic nitrogens is 5. The minimum absolute atomic E-state index is 0.0868. The molecule has 1 aliphatic rings. The number of pyridine rings is 1. The van der Waals surface area contributed by atoms with Crippen molar-refractivity contribution in [3.05, 3.63) is 76.6 Å². The third-order valence-electron chi connectivity index (χ3n) is 9.10. The van der Waals surface area contributed by atoms with Crippen molar-refractivity contribution in [1.82, 2.24) is 34.9 Å². The van der Waals surface area contributed by atoms with Crippen molar-refractivity contribution in [3.8, 4) is 11.1 Å². The summed E-state index contributed by atoms with van der Waals surface area (Å²) in [4.78, 5) is 68.3. The molecular weight excluding hydrogens is 700 g/mol. The number of likely N-dealkylation sites (tertiary alicyclic amines) is 1. The van der Waals surface area contributed by atoms with Gasteiger partial charge in [0.1, 0.15) is 34.5 Å². The van der Waals surface area contributed by atoms with Crippen molar-refractivity contribution in [2.75, 3.05) is 18.4 Å². The second-order valence-electron chi connectivity index (χ2n) is 13.3. The largest absolute Gasteiger partial charge is 0.355 e. The first-order valence-corrected chi connectivity index (χ1v) is 17.6. The van der Waals surface area contributed by atoms with E-state index < -0.39 is 11.5 Å². The summed E-state index contributed by atoms with van der Waals surface area (Å²) in [5.74, 6) is 0.0286. The number of anilines is 1. The molecule has 2 atom stereocenters. The highest BCUT2D eigenvalue weighted by molar-refractivity contribution is 9.10. The van der Waals surface area contributed by atoms with Crippen molar-refractivity contribution in [2.24, 2.45) is 5.41 Å². The number of ketones is 1. The molecule has 0 bridgehead atoms. The fourth-order valence-corrected chi connectivity index (χ4v) is 6.71. The van der Waals surface area contributed by atoms with E-state index in [9.17, 15) is 19.2 Å². The molecule has 4 aromatic rings. The number of nitrogens with zero attached hydrogens (tertiary/aromatic N) is 6. The van der Waals surface area contributed by atoms with E-state index in [0.717, 1.165) is 28.7 Å². The number of fused-ring (bicyclic) bond motifs is 1. The highest BCUT2D eigenvalue weighted by Gasteiger charge is 2.46. The molecule has 12 nitrogen and oxygen atoms in total. The molecule has 4 heterocycles. The zero-order chi connectivity index (χ0) is 36.2. The number of unbranched alkanes of at least 4 members (excludes halogenated alkanes) is 1. The second kappa shape index (κ2) is 15.4. The van der Waals surface area contributed by atoms with Gasteiger partial charge in [-0.05, 0) is 90.4 Å². The minimum atomic E-state index is -0.835. The number of hydrogen-bond donors (Lipinski definition) is 2. The Morgan fingerprint density at radius 2 is 1.86 bits per heavy atom. The molecule has 262 valence electrons. The average Bonchev–Trinajstić information content (AvgIpc) is 3.64. The summed E-state index contributed by atoms with van der Waals surface area (Å²) in [6.07, 6.45) is 8.02. The van der Waals surface area contributed by atoms with Crippen LogP contribution in [0.3, 0.4) is 0 Å². The highest BCUT2D eigenvalue weighted by atomic mass is 79.9. The van der Waals surface area contributed by atoms with Gasteiger partial charge in [-0.2, -0.15) is 5.10 Å². The predicted octanol–water partition coefficient (Wildman–Crippen LogP) is 5.75. The van der Waals surface area contributed by atoms with Crippen molar-refractivity contribution < 1.29 is 19.2 Å². The molecule has 1 aromatic carbocycles. The van der Waals surface area contributed by atoms with E-state index in [2.05, 4.69) is 53.2 Å². The van der Waals surface area contributed by atoms with Gasteiger partial charge in [0.25, 0.3) is 0 Å². The van der Waals surface area contributed by atoms with E-state index in [1.54, 1.807) is 34.1 Å². The van der Waals surface area contributed by atoms with Gasteiger partial charge in [0, 0.05) is 55.2 Å². The molecule has 1 aliphatic heterocycles. The summed E-state index contributed by atoms with van der Waals surface area (Å²) < 4.78 is 2.15. The van der Waals surface area contributed by atoms with Crippen molar-refractivity contribution >= 4 is 56.2 Å². The molecular formula is C37H43BrN8O4. The van der Waals surface area contributed by atoms with Crippen LogP contribution in [0.5, 0.6) is 0 Å². The van der Waals surface area contributed by atoms with Crippen LogP contribution in [0.15, 0.2) is 53.9 Å². The molecule has 0 saturated carbocycles. The van der Waals surface area contributed by atoms with E-state index in [1.165, 1.54) is 6.92 Å². The van der Waals surface area contributed by atoms with Gasteiger partial charge in [-0.25, -0.2) is 15.0 Å². The molecule has 3 aromatic heterocycles. The monoisotopic (exact) mass is 742 g/mol. The zero-order valence-electron chi connectivity index (χ0n) is 29.2. The Hall–Kier alpha value is -4.78. The van der Waals surface area contributed by atoms with Gasteiger partial charge in [-0.15, -0.1) is 6.58 Å². The summed E-state index contributed by atoms with van der Waals surface area (Å²) in [6.45, 7) is 13.1. The molecule has 13 heteroatoms. The molecule has 1 saturated heterocycles. The highest BCUT2D eigenvalue weighted by Crippen LogP contribution is 2.36. The van der Waals surface area contributed by atoms with Crippen LogP contribution in [-0.4, -0.2) is 72.3 Å². The summed E-state index contributed by atoms with van der Waals surface area (Å²) in [5.41, 5.74) is 3.69. The number of benzene rings is 1. The lowest BCUT2D eigenvalue weighted by molar-refractivity contribution is -0.137. The van der Waals surface area contributed by atoms with Gasteiger partial charge in [0.2, 0.25) is 17.7 Å². The summed E-state index contributed by atoms with van der Waals surface area (Å²) in [7, 11) is 0. The van der Waals surface area contributed by atoms with E-state index in [4.69, 9.17) is 0 Å². The van der Waals surface area contributed by atoms with Crippen LogP contribution >= 0.6 is 15.9 Å². The number of aryl methyl sites for hydroxylation is 3. The van der Waals surface area contributed by atoms with E-state index in [-0.39, 0.29) is 42.3 Å². The number of allylic oxidation sites excluding steroid dienone is 1. The van der Waals surface area contributed by atoms with E-state index >= 15 is 0 Å². The van der Waals surface area contributed by atoms with Crippen molar-refractivity contribution in [1.29, 1.82) is 0 Å². The molecule has 0 aliphatic carbocycles. The number of amides is 3. The first kappa shape index (κ1) is 36.5. The number of Topliss-reactive ketones (excluding diaryl/α,β-unsaturated/α-hetero) is 1. The summed E-state index contributed by atoms with van der Waals surface area (Å²) in [5, 5.41) is 11.2. The minimum Gasteiger partial charge on any atom is -0.355 e. The molecule has 0 unspecified atom stereocenters. The van der Waals surface area contributed by atoms with E-state index in [1.807, 2.05) is 45.9 Å². The predicted molar refractivity (Wildman–Crippen MR) is 195 cm³/mol. The lowest BCUT2D eigenvalue weighted by atomic mass is 9.87. The molecule has 5 rings (SSSR count). The fraction of sp³-hybridized carbons (Fsp3) is 0.405. The number of carbonyl (C=O) groups is 4. The molecule has 3 amide bonds. The Bertz CT molecular complexity index is 1960. The number of nitrogens with one attached hydrogen (secondary N) is 2. The average molecular weight is 744 g/mol. The fourth-order valence-electron chi connectivity index (χ4n) is 6.40. The lowest BCUT2D eigenvalue weighted by Crippen LogP contribution is -2.45. The Morgan fingerprint density at radius 3 is 2.54 bits per heavy atom. The Balaban J connectivity index is 1.47. The van der Waals surface area contributed by atoms with Crippen LogP contribution in [0.1, 0.15) is 73.9 Å². The van der Waals surface area contributed by atoms with E-state index in [0.29, 0.717) is 59.4 Å². The van der Waals surface area contributed by atoms with Gasteiger partial charge < -0.3 is 15.5 Å². The Labute approximate surface area is 300 Å². The SMILES string of the molecule is C=CCCCC(=O)NC[C@]1(C)C[C@@H](C(=O)Nc2nc(Br)ccc2C)N(C(=O)Cn2nc(C(C)=O)c3cc(-c4cnc(C)nc4)cc(CC)c32)C1. The van der Waals surface area contributed by atoms with Gasteiger partial charge in [0.05, 0.1) is 5.52 Å². The molecule has 1 fully saturated rings. The zero-order valence-corrected chi connectivity index (χ0v) is 30.8. The number of carbonyl (C=O) groups excluding carboxylic acids is 4.